The van der Waals surface area contributed by atoms with Gasteiger partial charge in [-0.2, -0.15) is 18.3 Å². The van der Waals surface area contributed by atoms with Gasteiger partial charge in [0, 0.05) is 12.6 Å². The molecule has 2 aromatic rings. The molecule has 7 heteroatoms. The van der Waals surface area contributed by atoms with Crippen molar-refractivity contribution in [2.24, 2.45) is 0 Å². The Kier molecular flexibility index (Phi) is 3.28. The van der Waals surface area contributed by atoms with Crippen molar-refractivity contribution in [3.63, 3.8) is 0 Å². The zero-order valence-corrected chi connectivity index (χ0v) is 9.90. The number of benzene rings is 1. The molecule has 0 radical (unpaired) electrons. The fourth-order valence-corrected chi connectivity index (χ4v) is 1.61. The van der Waals surface area contributed by atoms with Gasteiger partial charge in [-0.1, -0.05) is 0 Å². The molecule has 4 nitrogen and oxygen atoms in total. The molecule has 0 fully saturated rings. The Labute approximate surface area is 106 Å². The van der Waals surface area contributed by atoms with Crippen molar-refractivity contribution in [1.82, 2.24) is 9.78 Å². The third-order valence-corrected chi connectivity index (χ3v) is 2.37. The van der Waals surface area contributed by atoms with Crippen LogP contribution in [0, 0.1) is 0 Å². The van der Waals surface area contributed by atoms with Crippen molar-refractivity contribution in [2.75, 3.05) is 5.32 Å². The predicted octanol–water partition coefficient (Wildman–Crippen LogP) is 2.85. The summed E-state index contributed by atoms with van der Waals surface area (Å²) in [6.07, 6.45) is -3.38. The van der Waals surface area contributed by atoms with Crippen LogP contribution in [0.25, 0.3) is 5.69 Å². The maximum absolute atomic E-state index is 12.7. The van der Waals surface area contributed by atoms with Crippen molar-refractivity contribution < 1.29 is 18.0 Å². The summed E-state index contributed by atoms with van der Waals surface area (Å²) in [5, 5.41) is 6.18. The molecule has 1 amide bonds. The first-order valence-electron chi connectivity index (χ1n) is 5.37. The number of alkyl halides is 3. The first kappa shape index (κ1) is 13.1. The van der Waals surface area contributed by atoms with Gasteiger partial charge in [-0.15, -0.1) is 0 Å². The van der Waals surface area contributed by atoms with Crippen molar-refractivity contribution in [3.05, 3.63) is 42.2 Å². The Morgan fingerprint density at radius 1 is 1.21 bits per heavy atom. The highest BCUT2D eigenvalue weighted by Crippen LogP contribution is 2.30. The smallest absolute Gasteiger partial charge is 0.326 e. The molecular weight excluding hydrogens is 259 g/mol. The summed E-state index contributed by atoms with van der Waals surface area (Å²) >= 11 is 0. The maximum atomic E-state index is 12.7. The number of carbonyl (C=O) groups excluding carboxylic acids is 1. The molecule has 1 aromatic heterocycles. The van der Waals surface area contributed by atoms with Gasteiger partial charge in [0.05, 0.1) is 11.9 Å². The highest BCUT2D eigenvalue weighted by atomic mass is 19.4. The molecule has 0 bridgehead atoms. The number of halogens is 3. The van der Waals surface area contributed by atoms with Crippen LogP contribution in [0.1, 0.15) is 12.6 Å². The van der Waals surface area contributed by atoms with Gasteiger partial charge in [0.1, 0.15) is 5.69 Å². The van der Waals surface area contributed by atoms with E-state index in [9.17, 15) is 18.0 Å². The molecule has 1 aromatic carbocycles. The highest BCUT2D eigenvalue weighted by Gasteiger charge is 2.35. The molecule has 2 rings (SSSR count). The van der Waals surface area contributed by atoms with Gasteiger partial charge in [-0.3, -0.25) is 4.79 Å². The molecule has 0 atom stereocenters. The van der Waals surface area contributed by atoms with E-state index in [1.54, 1.807) is 0 Å². The molecule has 0 saturated heterocycles. The lowest BCUT2D eigenvalue weighted by molar-refractivity contribution is -0.142. The molecule has 0 saturated carbocycles. The molecule has 1 N–H and O–H groups in total. The first-order valence-corrected chi connectivity index (χ1v) is 5.37. The maximum Gasteiger partial charge on any atom is 0.433 e. The highest BCUT2D eigenvalue weighted by molar-refractivity contribution is 5.88. The average molecular weight is 269 g/mol. The minimum atomic E-state index is -4.47. The van der Waals surface area contributed by atoms with Crippen LogP contribution in [0.2, 0.25) is 0 Å². The molecule has 0 unspecified atom stereocenters. The van der Waals surface area contributed by atoms with E-state index in [1.165, 1.54) is 31.2 Å². The van der Waals surface area contributed by atoms with Crippen LogP contribution < -0.4 is 5.32 Å². The Balaban J connectivity index is 2.33. The third kappa shape index (κ3) is 2.93. The molecule has 0 spiro atoms. The second kappa shape index (κ2) is 4.75. The minimum absolute atomic E-state index is 0.247. The zero-order chi connectivity index (χ0) is 14.0. The van der Waals surface area contributed by atoms with Crippen molar-refractivity contribution >= 4 is 11.6 Å². The van der Waals surface area contributed by atoms with E-state index in [1.807, 2.05) is 0 Å². The van der Waals surface area contributed by atoms with Crippen LogP contribution in [-0.4, -0.2) is 15.7 Å². The van der Waals surface area contributed by atoms with Crippen LogP contribution in [0.3, 0.4) is 0 Å². The van der Waals surface area contributed by atoms with Gasteiger partial charge >= 0.3 is 6.18 Å². The van der Waals surface area contributed by atoms with Gasteiger partial charge in [0.2, 0.25) is 5.91 Å². The van der Waals surface area contributed by atoms with E-state index in [0.29, 0.717) is 5.69 Å². The van der Waals surface area contributed by atoms with Gasteiger partial charge in [-0.25, -0.2) is 4.68 Å². The molecule has 0 aliphatic carbocycles. The van der Waals surface area contributed by atoms with Crippen molar-refractivity contribution in [2.45, 2.75) is 13.1 Å². The van der Waals surface area contributed by atoms with Crippen LogP contribution >= 0.6 is 0 Å². The van der Waals surface area contributed by atoms with E-state index in [2.05, 4.69) is 10.4 Å². The molecule has 19 heavy (non-hydrogen) atoms. The summed E-state index contributed by atoms with van der Waals surface area (Å²) in [5.41, 5.74) is -0.0665. The van der Waals surface area contributed by atoms with Gasteiger partial charge in [0.25, 0.3) is 0 Å². The van der Waals surface area contributed by atoms with Crippen LogP contribution in [-0.2, 0) is 11.0 Å². The summed E-state index contributed by atoms with van der Waals surface area (Å²) in [4.78, 5) is 10.8. The Hall–Kier alpha value is -2.31. The Morgan fingerprint density at radius 2 is 1.84 bits per heavy atom. The lowest BCUT2D eigenvalue weighted by atomic mass is 10.2. The van der Waals surface area contributed by atoms with Gasteiger partial charge in [-0.05, 0) is 30.3 Å². The topological polar surface area (TPSA) is 46.9 Å². The van der Waals surface area contributed by atoms with Crippen molar-refractivity contribution in [3.8, 4) is 5.69 Å². The number of hydrogen-bond donors (Lipinski definition) is 1. The molecule has 0 aliphatic heterocycles. The number of nitrogens with one attached hydrogen (secondary N) is 1. The predicted molar refractivity (Wildman–Crippen MR) is 62.9 cm³/mol. The van der Waals surface area contributed by atoms with E-state index in [4.69, 9.17) is 0 Å². The summed E-state index contributed by atoms with van der Waals surface area (Å²) < 4.78 is 38.9. The lowest BCUT2D eigenvalue weighted by Crippen LogP contribution is -2.13. The number of rotatable bonds is 2. The lowest BCUT2D eigenvalue weighted by Gasteiger charge is -2.10. The summed E-state index contributed by atoms with van der Waals surface area (Å²) in [6, 6.07) is 6.83. The molecule has 100 valence electrons. The number of nitrogens with zero attached hydrogens (tertiary/aromatic N) is 2. The molecular formula is C12H10F3N3O. The van der Waals surface area contributed by atoms with Crippen LogP contribution in [0.15, 0.2) is 36.5 Å². The quantitative estimate of drug-likeness (QED) is 0.911. The summed E-state index contributed by atoms with van der Waals surface area (Å²) in [6.45, 7) is 1.35. The number of carbonyl (C=O) groups is 1. The number of amides is 1. The van der Waals surface area contributed by atoms with E-state index < -0.39 is 11.9 Å². The third-order valence-electron chi connectivity index (χ3n) is 2.37. The summed E-state index contributed by atoms with van der Waals surface area (Å²) in [7, 11) is 0. The monoisotopic (exact) mass is 269 g/mol. The van der Waals surface area contributed by atoms with Gasteiger partial charge in [0.15, 0.2) is 0 Å². The van der Waals surface area contributed by atoms with Gasteiger partial charge < -0.3 is 5.32 Å². The van der Waals surface area contributed by atoms with Crippen molar-refractivity contribution in [1.29, 1.82) is 0 Å². The Morgan fingerprint density at radius 3 is 2.37 bits per heavy atom. The molecule has 1 heterocycles. The van der Waals surface area contributed by atoms with Crippen LogP contribution in [0.5, 0.6) is 0 Å². The number of aromatic nitrogens is 2. The van der Waals surface area contributed by atoms with Crippen LogP contribution in [0.4, 0.5) is 18.9 Å². The van der Waals surface area contributed by atoms with E-state index >= 15 is 0 Å². The SMILES string of the molecule is CC(=O)Nc1ccc(-n2nccc2C(F)(F)F)cc1. The van der Waals surface area contributed by atoms with E-state index in [0.717, 1.165) is 16.9 Å². The fourth-order valence-electron chi connectivity index (χ4n) is 1.61. The standard InChI is InChI=1S/C12H10F3N3O/c1-8(19)17-9-2-4-10(5-3-9)18-11(6-7-16-18)12(13,14)15/h2-7H,1H3,(H,17,19). The largest absolute Gasteiger partial charge is 0.433 e. The Bertz CT molecular complexity index is 587. The molecule has 0 aliphatic rings. The zero-order valence-electron chi connectivity index (χ0n) is 9.90. The minimum Gasteiger partial charge on any atom is -0.326 e. The second-order valence-corrected chi connectivity index (χ2v) is 3.85. The number of anilines is 1. The summed E-state index contributed by atoms with van der Waals surface area (Å²) in [5.74, 6) is -0.247. The average Bonchev–Trinajstić information content (AvgIpc) is 2.77. The first-order chi connectivity index (χ1) is 8.88. The normalized spacial score (nSPS) is 11.4. The second-order valence-electron chi connectivity index (χ2n) is 3.85. The number of hydrogen-bond acceptors (Lipinski definition) is 2. The fraction of sp³-hybridized carbons (Fsp3) is 0.167. The van der Waals surface area contributed by atoms with E-state index in [-0.39, 0.29) is 11.6 Å².